The molecule has 0 aliphatic rings. The lowest BCUT2D eigenvalue weighted by molar-refractivity contribution is 0.780. The molecular formula is C21H17N5. The molecular weight excluding hydrogens is 322 g/mol. The van der Waals surface area contributed by atoms with Crippen molar-refractivity contribution in [3.05, 3.63) is 66.9 Å². The first-order valence-corrected chi connectivity index (χ1v) is 8.52. The zero-order chi connectivity index (χ0) is 17.7. The molecule has 0 aliphatic carbocycles. The molecule has 5 aromatic rings. The number of hydrogen-bond donors (Lipinski definition) is 1. The van der Waals surface area contributed by atoms with Gasteiger partial charge in [0, 0.05) is 65.0 Å². The smallest absolute Gasteiger partial charge is 0.137 e. The quantitative estimate of drug-likeness (QED) is 0.515. The Bertz CT molecular complexity index is 1260. The predicted molar refractivity (Wildman–Crippen MR) is 104 cm³/mol. The third kappa shape index (κ3) is 2.29. The van der Waals surface area contributed by atoms with Gasteiger partial charge in [0.15, 0.2) is 0 Å². The molecule has 1 aromatic carbocycles. The Morgan fingerprint density at radius 2 is 1.92 bits per heavy atom. The van der Waals surface area contributed by atoms with Crippen LogP contribution < -0.4 is 0 Å². The van der Waals surface area contributed by atoms with Crippen LogP contribution in [0, 0.1) is 6.92 Å². The molecule has 4 aromatic heterocycles. The number of aromatic nitrogens is 5. The molecule has 126 valence electrons. The van der Waals surface area contributed by atoms with Crippen LogP contribution in [-0.4, -0.2) is 24.7 Å². The number of nitrogens with one attached hydrogen (secondary N) is 1. The van der Waals surface area contributed by atoms with Crippen LogP contribution in [0.5, 0.6) is 0 Å². The van der Waals surface area contributed by atoms with Gasteiger partial charge in [0.1, 0.15) is 5.65 Å². The summed E-state index contributed by atoms with van der Waals surface area (Å²) in [5.41, 5.74) is 7.36. The van der Waals surface area contributed by atoms with Crippen LogP contribution in [-0.2, 0) is 7.05 Å². The van der Waals surface area contributed by atoms with Gasteiger partial charge in [-0.1, -0.05) is 12.1 Å². The Morgan fingerprint density at radius 3 is 2.81 bits per heavy atom. The Labute approximate surface area is 150 Å². The topological polar surface area (TPSA) is 59.4 Å². The van der Waals surface area contributed by atoms with E-state index in [0.29, 0.717) is 0 Å². The van der Waals surface area contributed by atoms with Crippen LogP contribution in [0.25, 0.3) is 44.2 Å². The van der Waals surface area contributed by atoms with Crippen LogP contribution in [0.15, 0.2) is 61.2 Å². The number of rotatable bonds is 2. The number of H-pyrrole nitrogens is 1. The normalized spacial score (nSPS) is 11.5. The lowest BCUT2D eigenvalue weighted by atomic mass is 10.0. The van der Waals surface area contributed by atoms with E-state index >= 15 is 0 Å². The summed E-state index contributed by atoms with van der Waals surface area (Å²) < 4.78 is 1.84. The Kier molecular flexibility index (Phi) is 3.15. The second-order valence-corrected chi connectivity index (χ2v) is 6.54. The monoisotopic (exact) mass is 339 g/mol. The molecule has 0 atom stereocenters. The van der Waals surface area contributed by atoms with Crippen molar-refractivity contribution in [2.45, 2.75) is 6.92 Å². The summed E-state index contributed by atoms with van der Waals surface area (Å²) in [4.78, 5) is 12.3. The van der Waals surface area contributed by atoms with Crippen molar-refractivity contribution in [3.8, 4) is 22.3 Å². The second-order valence-electron chi connectivity index (χ2n) is 6.54. The lowest BCUT2D eigenvalue weighted by Crippen LogP contribution is -1.88. The molecule has 0 unspecified atom stereocenters. The van der Waals surface area contributed by atoms with Crippen molar-refractivity contribution in [1.82, 2.24) is 24.7 Å². The fourth-order valence-electron chi connectivity index (χ4n) is 3.50. The first kappa shape index (κ1) is 14.8. The maximum absolute atomic E-state index is 4.61. The maximum Gasteiger partial charge on any atom is 0.137 e. The third-order valence-corrected chi connectivity index (χ3v) is 4.78. The van der Waals surface area contributed by atoms with E-state index in [1.807, 2.05) is 49.5 Å². The molecule has 0 fully saturated rings. The van der Waals surface area contributed by atoms with Gasteiger partial charge in [-0.3, -0.25) is 9.67 Å². The second kappa shape index (κ2) is 5.52. The van der Waals surface area contributed by atoms with E-state index in [1.54, 1.807) is 0 Å². The van der Waals surface area contributed by atoms with Gasteiger partial charge in [-0.2, -0.15) is 5.10 Å². The highest BCUT2D eigenvalue weighted by Crippen LogP contribution is 2.32. The maximum atomic E-state index is 4.61. The van der Waals surface area contributed by atoms with Gasteiger partial charge in [-0.05, 0) is 36.8 Å². The zero-order valence-corrected chi connectivity index (χ0v) is 14.6. The van der Waals surface area contributed by atoms with Gasteiger partial charge in [-0.25, -0.2) is 4.98 Å². The summed E-state index contributed by atoms with van der Waals surface area (Å²) >= 11 is 0. The SMILES string of the molecule is Cc1ncccc1-c1cnc2[nH]cc(-c3ccc4nn(C)cc4c3)c2c1. The van der Waals surface area contributed by atoms with Crippen LogP contribution in [0.4, 0.5) is 0 Å². The molecule has 0 bridgehead atoms. The highest BCUT2D eigenvalue weighted by Gasteiger charge is 2.11. The van der Waals surface area contributed by atoms with Crippen LogP contribution in [0.2, 0.25) is 0 Å². The number of aryl methyl sites for hydroxylation is 2. The molecule has 0 spiro atoms. The molecule has 0 aliphatic heterocycles. The summed E-state index contributed by atoms with van der Waals surface area (Å²) in [6, 6.07) is 12.6. The number of nitrogens with zero attached hydrogens (tertiary/aromatic N) is 4. The van der Waals surface area contributed by atoms with Crippen molar-refractivity contribution in [3.63, 3.8) is 0 Å². The zero-order valence-electron chi connectivity index (χ0n) is 14.6. The molecule has 5 nitrogen and oxygen atoms in total. The fourth-order valence-corrected chi connectivity index (χ4v) is 3.50. The predicted octanol–water partition coefficient (Wildman–Crippen LogP) is 4.49. The van der Waals surface area contributed by atoms with E-state index in [1.165, 1.54) is 0 Å². The largest absolute Gasteiger partial charge is 0.346 e. The van der Waals surface area contributed by atoms with Gasteiger partial charge in [-0.15, -0.1) is 0 Å². The molecule has 0 amide bonds. The van der Waals surface area contributed by atoms with Crippen LogP contribution in [0.3, 0.4) is 0 Å². The fraction of sp³-hybridized carbons (Fsp3) is 0.0952. The third-order valence-electron chi connectivity index (χ3n) is 4.78. The van der Waals surface area contributed by atoms with E-state index < -0.39 is 0 Å². The molecule has 5 heteroatoms. The summed E-state index contributed by atoms with van der Waals surface area (Å²) in [6.07, 6.45) is 7.78. The van der Waals surface area contributed by atoms with Gasteiger partial charge >= 0.3 is 0 Å². The van der Waals surface area contributed by atoms with E-state index in [9.17, 15) is 0 Å². The Hall–Kier alpha value is -3.47. The van der Waals surface area contributed by atoms with E-state index in [0.717, 1.165) is 49.9 Å². The number of fused-ring (bicyclic) bond motifs is 2. The summed E-state index contributed by atoms with van der Waals surface area (Å²) in [7, 11) is 1.94. The standard InChI is InChI=1S/C21H17N5/c1-13-17(4-3-7-22-13)15-9-18-19(11-24-21(18)23-10-15)14-5-6-20-16(8-14)12-26(2)25-20/h3-12H,1-2H3,(H,23,24). The number of benzene rings is 1. The minimum Gasteiger partial charge on any atom is -0.346 e. The molecule has 0 saturated carbocycles. The molecule has 26 heavy (non-hydrogen) atoms. The van der Waals surface area contributed by atoms with Gasteiger partial charge in [0.05, 0.1) is 5.52 Å². The van der Waals surface area contributed by atoms with E-state index in [4.69, 9.17) is 0 Å². The Morgan fingerprint density at radius 1 is 1.00 bits per heavy atom. The van der Waals surface area contributed by atoms with Crippen LogP contribution in [0.1, 0.15) is 5.69 Å². The van der Waals surface area contributed by atoms with Crippen LogP contribution >= 0.6 is 0 Å². The molecule has 0 saturated heterocycles. The van der Waals surface area contributed by atoms with Gasteiger partial charge < -0.3 is 4.98 Å². The number of pyridine rings is 2. The first-order chi connectivity index (χ1) is 12.7. The summed E-state index contributed by atoms with van der Waals surface area (Å²) in [6.45, 7) is 2.02. The van der Waals surface area contributed by atoms with Crippen molar-refractivity contribution in [2.24, 2.45) is 7.05 Å². The van der Waals surface area contributed by atoms with Crippen molar-refractivity contribution in [1.29, 1.82) is 0 Å². The van der Waals surface area contributed by atoms with Gasteiger partial charge in [0.25, 0.3) is 0 Å². The molecule has 0 radical (unpaired) electrons. The average molecular weight is 339 g/mol. The number of hydrogen-bond acceptors (Lipinski definition) is 3. The molecule has 4 heterocycles. The first-order valence-electron chi connectivity index (χ1n) is 8.52. The van der Waals surface area contributed by atoms with E-state index in [2.05, 4.69) is 50.4 Å². The van der Waals surface area contributed by atoms with Crippen molar-refractivity contribution >= 4 is 21.9 Å². The average Bonchev–Trinajstić information content (AvgIpc) is 3.23. The van der Waals surface area contributed by atoms with Crippen molar-refractivity contribution in [2.75, 3.05) is 0 Å². The molecule has 1 N–H and O–H groups in total. The summed E-state index contributed by atoms with van der Waals surface area (Å²) in [5, 5.41) is 6.69. The molecule has 5 rings (SSSR count). The Balaban J connectivity index is 1.70. The minimum atomic E-state index is 0.886. The minimum absolute atomic E-state index is 0.886. The lowest BCUT2D eigenvalue weighted by Gasteiger charge is -2.06. The van der Waals surface area contributed by atoms with Crippen molar-refractivity contribution < 1.29 is 0 Å². The highest BCUT2D eigenvalue weighted by molar-refractivity contribution is 5.98. The number of aromatic amines is 1. The highest BCUT2D eigenvalue weighted by atomic mass is 15.2. The van der Waals surface area contributed by atoms with E-state index in [-0.39, 0.29) is 0 Å². The summed E-state index contributed by atoms with van der Waals surface area (Å²) in [5.74, 6) is 0. The van der Waals surface area contributed by atoms with Gasteiger partial charge in [0.2, 0.25) is 0 Å².